The second-order valence-electron chi connectivity index (χ2n) is 4.46. The Labute approximate surface area is 137 Å². The van der Waals surface area contributed by atoms with Crippen molar-refractivity contribution >= 4 is 35.9 Å². The Hall–Kier alpha value is -1.58. The van der Waals surface area contributed by atoms with Crippen molar-refractivity contribution < 1.29 is 28.9 Å². The number of unbranched alkanes of at least 4 members (excludes halogenated alkanes) is 1. The number of nitro groups is 1. The Kier molecular flexibility index (Phi) is 7.53. The third-order valence-electron chi connectivity index (χ3n) is 2.78. The highest BCUT2D eigenvalue weighted by Crippen LogP contribution is 2.44. The van der Waals surface area contributed by atoms with Crippen molar-refractivity contribution in [1.29, 1.82) is 0 Å². The fourth-order valence-corrected chi connectivity index (χ4v) is 2.38. The summed E-state index contributed by atoms with van der Waals surface area (Å²) < 4.78 is 9.97. The van der Waals surface area contributed by atoms with Crippen LogP contribution < -0.4 is 5.06 Å². The zero-order valence-corrected chi connectivity index (χ0v) is 14.0. The summed E-state index contributed by atoms with van der Waals surface area (Å²) in [4.78, 5) is 30.4. The van der Waals surface area contributed by atoms with E-state index < -0.39 is 17.6 Å². The van der Waals surface area contributed by atoms with Gasteiger partial charge in [0.1, 0.15) is 0 Å². The number of rotatable bonds is 10. The average molecular weight is 364 g/mol. The van der Waals surface area contributed by atoms with Gasteiger partial charge in [0, 0.05) is 32.2 Å². The molecule has 0 radical (unpaired) electrons. The SMILES string of the molecule is COP(O)(=S)ON(CCCCC(=O)O)c1ccc([N+](=O)[O-])cc1. The van der Waals surface area contributed by atoms with E-state index in [2.05, 4.69) is 0 Å². The molecule has 0 spiro atoms. The zero-order valence-electron chi connectivity index (χ0n) is 12.3. The lowest BCUT2D eigenvalue weighted by Gasteiger charge is -2.26. The van der Waals surface area contributed by atoms with E-state index in [-0.39, 0.29) is 18.7 Å². The van der Waals surface area contributed by atoms with Crippen LogP contribution in [0, 0.1) is 10.1 Å². The minimum absolute atomic E-state index is 0.00562. The number of hydroxylamine groups is 1. The first-order valence-corrected chi connectivity index (χ1v) is 9.16. The quantitative estimate of drug-likeness (QED) is 0.279. The summed E-state index contributed by atoms with van der Waals surface area (Å²) in [5, 5.41) is 20.5. The summed E-state index contributed by atoms with van der Waals surface area (Å²) in [6.45, 7) is -3.24. The highest BCUT2D eigenvalue weighted by atomic mass is 32.5. The summed E-state index contributed by atoms with van der Waals surface area (Å²) in [6.07, 6.45) is 0.872. The van der Waals surface area contributed by atoms with Crippen LogP contribution in [0.4, 0.5) is 11.4 Å². The third-order valence-corrected chi connectivity index (χ3v) is 4.29. The lowest BCUT2D eigenvalue weighted by molar-refractivity contribution is -0.384. The molecule has 0 aliphatic heterocycles. The van der Waals surface area contributed by atoms with E-state index >= 15 is 0 Å². The van der Waals surface area contributed by atoms with Crippen LogP contribution in [0.5, 0.6) is 0 Å². The molecule has 0 saturated heterocycles. The summed E-state index contributed by atoms with van der Waals surface area (Å²) >= 11 is 4.79. The molecule has 0 saturated carbocycles. The number of carboxylic acids is 1. The lowest BCUT2D eigenvalue weighted by Crippen LogP contribution is -2.24. The fraction of sp³-hybridized carbons (Fsp3) is 0.417. The molecule has 0 aromatic heterocycles. The second-order valence-corrected chi connectivity index (χ2v) is 7.31. The van der Waals surface area contributed by atoms with Gasteiger partial charge in [-0.2, -0.15) is 4.62 Å². The Morgan fingerprint density at radius 1 is 1.39 bits per heavy atom. The Bertz CT molecular complexity index is 596. The molecule has 0 bridgehead atoms. The van der Waals surface area contributed by atoms with Gasteiger partial charge in [-0.05, 0) is 36.8 Å². The molecule has 1 atom stereocenters. The summed E-state index contributed by atoms with van der Waals surface area (Å²) in [5.41, 5.74) is 0.348. The van der Waals surface area contributed by atoms with Crippen LogP contribution >= 0.6 is 6.72 Å². The van der Waals surface area contributed by atoms with Gasteiger partial charge in [0.25, 0.3) is 5.69 Å². The minimum atomic E-state index is -3.48. The number of nitrogens with zero attached hydrogens (tertiary/aromatic N) is 2. The van der Waals surface area contributed by atoms with Gasteiger partial charge < -0.3 is 14.5 Å². The van der Waals surface area contributed by atoms with Crippen molar-refractivity contribution in [2.24, 2.45) is 0 Å². The number of aliphatic carboxylic acids is 1. The first-order valence-electron chi connectivity index (χ1n) is 6.57. The molecule has 1 unspecified atom stereocenters. The van der Waals surface area contributed by atoms with Crippen molar-refractivity contribution in [3.05, 3.63) is 34.4 Å². The molecule has 1 aromatic carbocycles. The normalized spacial score (nSPS) is 13.3. The van der Waals surface area contributed by atoms with E-state index in [0.29, 0.717) is 18.5 Å². The van der Waals surface area contributed by atoms with Crippen molar-refractivity contribution in [3.63, 3.8) is 0 Å². The van der Waals surface area contributed by atoms with Gasteiger partial charge in [-0.1, -0.05) is 0 Å². The van der Waals surface area contributed by atoms with E-state index in [1.54, 1.807) is 0 Å². The lowest BCUT2D eigenvalue weighted by atomic mass is 10.2. The van der Waals surface area contributed by atoms with Gasteiger partial charge in [0.2, 0.25) is 0 Å². The molecule has 128 valence electrons. The minimum Gasteiger partial charge on any atom is -0.481 e. The predicted octanol–water partition coefficient (Wildman–Crippen LogP) is 2.45. The maximum absolute atomic E-state index is 10.7. The van der Waals surface area contributed by atoms with E-state index in [1.165, 1.54) is 36.4 Å². The number of carbonyl (C=O) groups is 1. The van der Waals surface area contributed by atoms with Gasteiger partial charge in [-0.3, -0.25) is 14.9 Å². The van der Waals surface area contributed by atoms with Crippen LogP contribution in [0.2, 0.25) is 0 Å². The second kappa shape index (κ2) is 8.90. The van der Waals surface area contributed by atoms with Gasteiger partial charge in [-0.15, -0.1) is 0 Å². The molecule has 1 rings (SSSR count). The molecule has 0 fully saturated rings. The molecule has 11 heteroatoms. The van der Waals surface area contributed by atoms with E-state index in [1.807, 2.05) is 0 Å². The molecule has 0 heterocycles. The molecule has 0 amide bonds. The van der Waals surface area contributed by atoms with Gasteiger partial charge in [0.05, 0.1) is 10.6 Å². The highest BCUT2D eigenvalue weighted by molar-refractivity contribution is 8.07. The fourth-order valence-electron chi connectivity index (χ4n) is 1.65. The Morgan fingerprint density at radius 3 is 2.48 bits per heavy atom. The number of hydrogen-bond acceptors (Lipinski definition) is 7. The van der Waals surface area contributed by atoms with Crippen molar-refractivity contribution in [2.75, 3.05) is 18.7 Å². The first-order chi connectivity index (χ1) is 10.7. The number of anilines is 1. The number of nitro benzene ring substituents is 1. The summed E-state index contributed by atoms with van der Waals surface area (Å²) in [5.74, 6) is -0.906. The average Bonchev–Trinajstić information content (AvgIpc) is 2.50. The summed E-state index contributed by atoms with van der Waals surface area (Å²) in [6, 6.07) is 5.47. The Morgan fingerprint density at radius 2 is 2.00 bits per heavy atom. The number of benzene rings is 1. The summed E-state index contributed by atoms with van der Waals surface area (Å²) in [7, 11) is 1.21. The smallest absolute Gasteiger partial charge is 0.346 e. The standard InChI is InChI=1S/C12H17N2O7PS/c1-20-22(19,23)21-13(9-3-2-4-12(15)16)10-5-7-11(8-6-10)14(17)18/h5-8H,2-4,9H2,1H3,(H,15,16)(H,19,23). The topological polar surface area (TPSA) is 122 Å². The number of hydrogen-bond donors (Lipinski definition) is 2. The monoisotopic (exact) mass is 364 g/mol. The largest absolute Gasteiger partial charge is 0.481 e. The predicted molar refractivity (Wildman–Crippen MR) is 86.5 cm³/mol. The number of carboxylic acid groups (broad SMARTS) is 1. The molecule has 9 nitrogen and oxygen atoms in total. The van der Waals surface area contributed by atoms with E-state index in [0.717, 1.165) is 0 Å². The van der Waals surface area contributed by atoms with Crippen LogP contribution in [0.1, 0.15) is 19.3 Å². The molecular weight excluding hydrogens is 347 g/mol. The van der Waals surface area contributed by atoms with Crippen LogP contribution in [0.25, 0.3) is 0 Å². The van der Waals surface area contributed by atoms with E-state index in [4.69, 9.17) is 26.1 Å². The van der Waals surface area contributed by atoms with E-state index in [9.17, 15) is 19.8 Å². The maximum atomic E-state index is 10.7. The molecule has 0 aliphatic carbocycles. The first kappa shape index (κ1) is 19.5. The van der Waals surface area contributed by atoms with Crippen molar-refractivity contribution in [1.82, 2.24) is 0 Å². The van der Waals surface area contributed by atoms with Crippen LogP contribution in [0.15, 0.2) is 24.3 Å². The van der Waals surface area contributed by atoms with Gasteiger partial charge in [-0.25, -0.2) is 5.06 Å². The number of non-ortho nitro benzene ring substituents is 1. The zero-order chi connectivity index (χ0) is 17.5. The molecule has 23 heavy (non-hydrogen) atoms. The van der Waals surface area contributed by atoms with Crippen LogP contribution in [-0.4, -0.2) is 34.5 Å². The highest BCUT2D eigenvalue weighted by Gasteiger charge is 2.20. The molecule has 0 aliphatic rings. The van der Waals surface area contributed by atoms with Crippen LogP contribution in [0.3, 0.4) is 0 Å². The van der Waals surface area contributed by atoms with Gasteiger partial charge >= 0.3 is 12.7 Å². The van der Waals surface area contributed by atoms with Crippen molar-refractivity contribution in [2.45, 2.75) is 19.3 Å². The third kappa shape index (κ3) is 7.02. The van der Waals surface area contributed by atoms with Crippen molar-refractivity contribution in [3.8, 4) is 0 Å². The molecule has 2 N–H and O–H groups in total. The van der Waals surface area contributed by atoms with Gasteiger partial charge in [0.15, 0.2) is 0 Å². The molecular formula is C12H17N2O7PS. The maximum Gasteiger partial charge on any atom is 0.346 e. The Balaban J connectivity index is 2.82. The molecule has 1 aromatic rings. The van der Waals surface area contributed by atoms with Crippen LogP contribution in [-0.2, 0) is 25.7 Å².